The molecule has 0 N–H and O–H groups in total. The van der Waals surface area contributed by atoms with Crippen molar-refractivity contribution in [2.45, 2.75) is 19.8 Å². The molecule has 0 amide bonds. The lowest BCUT2D eigenvalue weighted by Crippen LogP contribution is -1.96. The molecule has 0 aliphatic carbocycles. The first-order valence-electron chi connectivity index (χ1n) is 4.42. The Kier molecular flexibility index (Phi) is 5.49. The summed E-state index contributed by atoms with van der Waals surface area (Å²) in [5, 5.41) is 0. The Morgan fingerprint density at radius 1 is 1.14 bits per heavy atom. The van der Waals surface area contributed by atoms with Crippen molar-refractivity contribution in [2.75, 3.05) is 6.61 Å². The summed E-state index contributed by atoms with van der Waals surface area (Å²) >= 11 is 10.3. The average Bonchev–Trinajstić information content (AvgIpc) is 2.14. The molecule has 0 radical (unpaired) electrons. The van der Waals surface area contributed by atoms with Crippen molar-refractivity contribution in [1.82, 2.24) is 0 Å². The first-order valence-corrected chi connectivity index (χ1v) is 6.80. The zero-order valence-corrected chi connectivity index (χ0v) is 12.6. The second-order valence-corrected chi connectivity index (χ2v) is 5.40. The smallest absolute Gasteiger partial charge is 0.121 e. The first-order chi connectivity index (χ1) is 6.65. The predicted octanol–water partition coefficient (Wildman–Crippen LogP) is 5.15. The number of benzene rings is 1. The summed E-state index contributed by atoms with van der Waals surface area (Å²) in [6.07, 6.45) is 2.24. The Bertz CT molecular complexity index is 289. The summed E-state index contributed by atoms with van der Waals surface area (Å²) in [6, 6.07) is 3.93. The molecule has 0 aliphatic heterocycles. The van der Waals surface area contributed by atoms with Gasteiger partial charge in [-0.05, 0) is 66.3 Å². The van der Waals surface area contributed by atoms with E-state index in [1.54, 1.807) is 0 Å². The molecule has 78 valence electrons. The fraction of sp³-hybridized carbons (Fsp3) is 0.400. The number of ether oxygens (including phenoxy) is 1. The molecule has 0 saturated carbocycles. The summed E-state index contributed by atoms with van der Waals surface area (Å²) in [6.45, 7) is 2.92. The van der Waals surface area contributed by atoms with E-state index in [9.17, 15) is 0 Å². The van der Waals surface area contributed by atoms with Gasteiger partial charge in [-0.2, -0.15) is 0 Å². The largest absolute Gasteiger partial charge is 0.494 e. The van der Waals surface area contributed by atoms with Crippen molar-refractivity contribution in [3.8, 4) is 5.75 Å². The number of rotatable bonds is 4. The van der Waals surface area contributed by atoms with Crippen LogP contribution in [0.1, 0.15) is 19.8 Å². The zero-order chi connectivity index (χ0) is 10.6. The van der Waals surface area contributed by atoms with E-state index in [-0.39, 0.29) is 0 Å². The van der Waals surface area contributed by atoms with Crippen LogP contribution in [0.4, 0.5) is 0 Å². The van der Waals surface area contributed by atoms with Gasteiger partial charge in [0.15, 0.2) is 0 Å². The Labute approximate surface area is 110 Å². The van der Waals surface area contributed by atoms with E-state index < -0.39 is 0 Å². The van der Waals surface area contributed by atoms with Crippen LogP contribution in [0.15, 0.2) is 25.6 Å². The van der Waals surface area contributed by atoms with Crippen LogP contribution >= 0.6 is 47.8 Å². The molecule has 0 bridgehead atoms. The van der Waals surface area contributed by atoms with Gasteiger partial charge in [-0.15, -0.1) is 0 Å². The van der Waals surface area contributed by atoms with Crippen LogP contribution < -0.4 is 4.74 Å². The molecule has 0 fully saturated rings. The summed E-state index contributed by atoms with van der Waals surface area (Å²) in [4.78, 5) is 0. The third kappa shape index (κ3) is 3.55. The van der Waals surface area contributed by atoms with Gasteiger partial charge in [0.2, 0.25) is 0 Å². The minimum absolute atomic E-state index is 0.775. The van der Waals surface area contributed by atoms with Crippen molar-refractivity contribution in [1.29, 1.82) is 0 Å². The highest BCUT2D eigenvalue weighted by Gasteiger charge is 2.04. The molecule has 4 heteroatoms. The zero-order valence-electron chi connectivity index (χ0n) is 7.82. The van der Waals surface area contributed by atoms with Crippen LogP contribution in [-0.4, -0.2) is 6.61 Å². The SMILES string of the molecule is CCCCOc1cc(Br)c(Br)c(Br)c1. The van der Waals surface area contributed by atoms with Crippen molar-refractivity contribution in [3.63, 3.8) is 0 Å². The normalized spacial score (nSPS) is 10.3. The summed E-state index contributed by atoms with van der Waals surface area (Å²) in [7, 11) is 0. The fourth-order valence-corrected chi connectivity index (χ4v) is 2.32. The van der Waals surface area contributed by atoms with Gasteiger partial charge in [0, 0.05) is 13.4 Å². The maximum atomic E-state index is 5.58. The number of hydrogen-bond acceptors (Lipinski definition) is 1. The molecule has 0 unspecified atom stereocenters. The van der Waals surface area contributed by atoms with Crippen LogP contribution in [0.25, 0.3) is 0 Å². The third-order valence-corrected chi connectivity index (χ3v) is 4.89. The topological polar surface area (TPSA) is 9.23 Å². The second kappa shape index (κ2) is 6.13. The van der Waals surface area contributed by atoms with Crippen molar-refractivity contribution in [2.24, 2.45) is 0 Å². The van der Waals surface area contributed by atoms with Gasteiger partial charge in [0.05, 0.1) is 6.61 Å². The van der Waals surface area contributed by atoms with Crippen LogP contribution in [0.3, 0.4) is 0 Å². The Morgan fingerprint density at radius 2 is 1.71 bits per heavy atom. The highest BCUT2D eigenvalue weighted by molar-refractivity contribution is 9.14. The molecule has 1 nitrogen and oxygen atoms in total. The molecule has 14 heavy (non-hydrogen) atoms. The molecule has 0 heterocycles. The van der Waals surface area contributed by atoms with Gasteiger partial charge in [0.25, 0.3) is 0 Å². The van der Waals surface area contributed by atoms with E-state index in [4.69, 9.17) is 4.74 Å². The highest BCUT2D eigenvalue weighted by Crippen LogP contribution is 2.34. The van der Waals surface area contributed by atoms with Gasteiger partial charge >= 0.3 is 0 Å². The molecule has 0 aromatic heterocycles. The second-order valence-electron chi connectivity index (χ2n) is 2.90. The van der Waals surface area contributed by atoms with E-state index in [0.29, 0.717) is 0 Å². The molecule has 0 spiro atoms. The minimum Gasteiger partial charge on any atom is -0.494 e. The van der Waals surface area contributed by atoms with Gasteiger partial charge in [0.1, 0.15) is 5.75 Å². The molecular weight excluding hydrogens is 376 g/mol. The standard InChI is InChI=1S/C10H11Br3O/c1-2-3-4-14-7-5-8(11)10(13)9(12)6-7/h5-6H,2-4H2,1H3. The lowest BCUT2D eigenvalue weighted by atomic mass is 10.3. The first kappa shape index (κ1) is 12.5. The quantitative estimate of drug-likeness (QED) is 0.513. The van der Waals surface area contributed by atoms with Gasteiger partial charge < -0.3 is 4.74 Å². The third-order valence-electron chi connectivity index (χ3n) is 1.72. The molecule has 0 atom stereocenters. The summed E-state index contributed by atoms with van der Waals surface area (Å²) in [5.41, 5.74) is 0. The van der Waals surface area contributed by atoms with E-state index in [1.165, 1.54) is 0 Å². The molecule has 1 aromatic carbocycles. The summed E-state index contributed by atoms with van der Waals surface area (Å²) < 4.78 is 8.59. The fourth-order valence-electron chi connectivity index (χ4n) is 0.950. The van der Waals surface area contributed by atoms with Crippen LogP contribution in [0, 0.1) is 0 Å². The van der Waals surface area contributed by atoms with E-state index in [1.807, 2.05) is 12.1 Å². The maximum Gasteiger partial charge on any atom is 0.121 e. The monoisotopic (exact) mass is 384 g/mol. The van der Waals surface area contributed by atoms with Gasteiger partial charge in [-0.3, -0.25) is 0 Å². The van der Waals surface area contributed by atoms with Crippen molar-refractivity contribution < 1.29 is 4.74 Å². The average molecular weight is 387 g/mol. The Morgan fingerprint density at radius 3 is 2.21 bits per heavy atom. The molecule has 1 rings (SSSR count). The number of halogens is 3. The Hall–Kier alpha value is 0.460. The lowest BCUT2D eigenvalue weighted by molar-refractivity contribution is 0.309. The van der Waals surface area contributed by atoms with E-state index in [2.05, 4.69) is 54.7 Å². The molecule has 0 aliphatic rings. The van der Waals surface area contributed by atoms with Gasteiger partial charge in [-0.1, -0.05) is 13.3 Å². The van der Waals surface area contributed by atoms with Crippen LogP contribution in [0.5, 0.6) is 5.75 Å². The minimum atomic E-state index is 0.775. The van der Waals surface area contributed by atoms with E-state index in [0.717, 1.165) is 38.6 Å². The van der Waals surface area contributed by atoms with Crippen LogP contribution in [-0.2, 0) is 0 Å². The molecular formula is C10H11Br3O. The summed E-state index contributed by atoms with van der Waals surface area (Å²) in [5.74, 6) is 0.889. The van der Waals surface area contributed by atoms with Crippen molar-refractivity contribution in [3.05, 3.63) is 25.6 Å². The van der Waals surface area contributed by atoms with Gasteiger partial charge in [-0.25, -0.2) is 0 Å². The highest BCUT2D eigenvalue weighted by atomic mass is 79.9. The van der Waals surface area contributed by atoms with E-state index >= 15 is 0 Å². The predicted molar refractivity (Wildman–Crippen MR) is 69.9 cm³/mol. The maximum absolute atomic E-state index is 5.58. The number of hydrogen-bond donors (Lipinski definition) is 0. The van der Waals surface area contributed by atoms with Crippen LogP contribution in [0.2, 0.25) is 0 Å². The lowest BCUT2D eigenvalue weighted by Gasteiger charge is -2.07. The number of unbranched alkanes of at least 4 members (excludes halogenated alkanes) is 1. The molecule has 0 saturated heterocycles. The Balaban J connectivity index is 2.69. The molecule has 1 aromatic rings. The van der Waals surface area contributed by atoms with Crippen molar-refractivity contribution >= 4 is 47.8 Å².